The number of esters is 1. The van der Waals surface area contributed by atoms with E-state index >= 15 is 0 Å². The van der Waals surface area contributed by atoms with E-state index in [2.05, 4.69) is 0 Å². The second-order valence-corrected chi connectivity index (χ2v) is 3.45. The normalized spacial score (nSPS) is 23.7. The van der Waals surface area contributed by atoms with Crippen molar-refractivity contribution in [3.63, 3.8) is 0 Å². The molecule has 0 saturated heterocycles. The lowest BCUT2D eigenvalue weighted by Crippen LogP contribution is -2.27. The van der Waals surface area contributed by atoms with Crippen molar-refractivity contribution in [3.05, 3.63) is 35.4 Å². The van der Waals surface area contributed by atoms with Crippen LogP contribution in [0.25, 0.3) is 0 Å². The molecule has 80 valence electrons. The second-order valence-electron chi connectivity index (χ2n) is 3.45. The maximum absolute atomic E-state index is 11.5. The zero-order valence-corrected chi connectivity index (χ0v) is 8.40. The summed E-state index contributed by atoms with van der Waals surface area (Å²) in [7, 11) is 0. The summed E-state index contributed by atoms with van der Waals surface area (Å²) in [6.07, 6.45) is 0. The maximum Gasteiger partial charge on any atom is 0.341 e. The fourth-order valence-electron chi connectivity index (χ4n) is 1.69. The number of ether oxygens (including phenoxy) is 2. The SMILES string of the molecule is CC1(OCCO)OC(=O)c2ccccc21. The van der Waals surface area contributed by atoms with Crippen LogP contribution >= 0.6 is 0 Å². The lowest BCUT2D eigenvalue weighted by atomic mass is 10.0. The van der Waals surface area contributed by atoms with Crippen LogP contribution in [0.5, 0.6) is 0 Å². The summed E-state index contributed by atoms with van der Waals surface area (Å²) < 4.78 is 10.5. The molecule has 0 radical (unpaired) electrons. The largest absolute Gasteiger partial charge is 0.425 e. The van der Waals surface area contributed by atoms with Crippen LogP contribution in [0.15, 0.2) is 24.3 Å². The van der Waals surface area contributed by atoms with Crippen LogP contribution in [0.2, 0.25) is 0 Å². The van der Waals surface area contributed by atoms with Crippen LogP contribution in [-0.4, -0.2) is 24.3 Å². The molecule has 0 aliphatic carbocycles. The molecule has 1 aromatic carbocycles. The van der Waals surface area contributed by atoms with E-state index in [0.717, 1.165) is 0 Å². The minimum atomic E-state index is -1.06. The standard InChI is InChI=1S/C11H12O4/c1-11(14-7-6-12)9-5-3-2-4-8(9)10(13)15-11/h2-5,12H,6-7H2,1H3. The highest BCUT2D eigenvalue weighted by molar-refractivity contribution is 5.94. The van der Waals surface area contributed by atoms with E-state index in [4.69, 9.17) is 14.6 Å². The number of aliphatic hydroxyl groups excluding tert-OH is 1. The van der Waals surface area contributed by atoms with Crippen molar-refractivity contribution < 1.29 is 19.4 Å². The van der Waals surface area contributed by atoms with E-state index in [0.29, 0.717) is 11.1 Å². The summed E-state index contributed by atoms with van der Waals surface area (Å²) in [5.41, 5.74) is 1.24. The molecule has 1 heterocycles. The van der Waals surface area contributed by atoms with Crippen molar-refractivity contribution in [2.75, 3.05) is 13.2 Å². The van der Waals surface area contributed by atoms with Crippen molar-refractivity contribution in [1.82, 2.24) is 0 Å². The molecule has 1 atom stereocenters. The Morgan fingerprint density at radius 1 is 1.47 bits per heavy atom. The molecular weight excluding hydrogens is 196 g/mol. The van der Waals surface area contributed by atoms with E-state index in [1.807, 2.05) is 6.07 Å². The minimum absolute atomic E-state index is 0.102. The summed E-state index contributed by atoms with van der Waals surface area (Å²) in [5, 5.41) is 8.69. The highest BCUT2D eigenvalue weighted by atomic mass is 16.7. The van der Waals surface area contributed by atoms with Crippen LogP contribution in [0.4, 0.5) is 0 Å². The fourth-order valence-corrected chi connectivity index (χ4v) is 1.69. The number of carbonyl (C=O) groups is 1. The van der Waals surface area contributed by atoms with Gasteiger partial charge in [-0.05, 0) is 6.07 Å². The number of rotatable bonds is 3. The molecule has 1 aliphatic rings. The number of aliphatic hydroxyl groups is 1. The van der Waals surface area contributed by atoms with Crippen LogP contribution in [0, 0.1) is 0 Å². The topological polar surface area (TPSA) is 55.8 Å². The van der Waals surface area contributed by atoms with Crippen molar-refractivity contribution in [2.24, 2.45) is 0 Å². The lowest BCUT2D eigenvalue weighted by Gasteiger charge is -2.23. The Kier molecular flexibility index (Phi) is 2.46. The fraction of sp³-hybridized carbons (Fsp3) is 0.364. The Morgan fingerprint density at radius 2 is 2.20 bits per heavy atom. The first-order valence-electron chi connectivity index (χ1n) is 4.75. The minimum Gasteiger partial charge on any atom is -0.425 e. The molecule has 0 fully saturated rings. The first-order valence-corrected chi connectivity index (χ1v) is 4.75. The van der Waals surface area contributed by atoms with Gasteiger partial charge < -0.3 is 14.6 Å². The van der Waals surface area contributed by atoms with E-state index in [9.17, 15) is 4.79 Å². The molecule has 4 nitrogen and oxygen atoms in total. The van der Waals surface area contributed by atoms with Gasteiger partial charge in [0.05, 0.1) is 18.8 Å². The zero-order valence-electron chi connectivity index (χ0n) is 8.40. The third-order valence-corrected chi connectivity index (χ3v) is 2.39. The zero-order chi connectivity index (χ0) is 10.9. The molecule has 0 amide bonds. The Balaban J connectivity index is 2.34. The molecule has 1 N–H and O–H groups in total. The van der Waals surface area contributed by atoms with Crippen molar-refractivity contribution in [3.8, 4) is 0 Å². The van der Waals surface area contributed by atoms with Crippen LogP contribution in [-0.2, 0) is 15.3 Å². The molecule has 2 rings (SSSR count). The van der Waals surface area contributed by atoms with E-state index in [-0.39, 0.29) is 19.2 Å². The van der Waals surface area contributed by atoms with E-state index in [1.165, 1.54) is 0 Å². The van der Waals surface area contributed by atoms with E-state index in [1.54, 1.807) is 25.1 Å². The van der Waals surface area contributed by atoms with Crippen LogP contribution < -0.4 is 0 Å². The van der Waals surface area contributed by atoms with Crippen molar-refractivity contribution >= 4 is 5.97 Å². The molecule has 0 saturated carbocycles. The number of hydrogen-bond donors (Lipinski definition) is 1. The number of hydrogen-bond acceptors (Lipinski definition) is 4. The number of benzene rings is 1. The molecule has 4 heteroatoms. The van der Waals surface area contributed by atoms with Crippen molar-refractivity contribution in [2.45, 2.75) is 12.7 Å². The monoisotopic (exact) mass is 208 g/mol. The Hall–Kier alpha value is -1.39. The summed E-state index contributed by atoms with van der Waals surface area (Å²) in [6, 6.07) is 7.09. The number of fused-ring (bicyclic) bond motifs is 1. The summed E-state index contributed by atoms with van der Waals surface area (Å²) >= 11 is 0. The molecule has 1 unspecified atom stereocenters. The first-order chi connectivity index (χ1) is 7.17. The molecule has 1 aromatic rings. The highest BCUT2D eigenvalue weighted by Crippen LogP contribution is 2.36. The lowest BCUT2D eigenvalue weighted by molar-refractivity contribution is -0.195. The quantitative estimate of drug-likeness (QED) is 0.754. The van der Waals surface area contributed by atoms with Crippen LogP contribution in [0.1, 0.15) is 22.8 Å². The number of carbonyl (C=O) groups excluding carboxylic acids is 1. The Morgan fingerprint density at radius 3 is 2.93 bits per heavy atom. The average molecular weight is 208 g/mol. The highest BCUT2D eigenvalue weighted by Gasteiger charge is 2.42. The predicted octanol–water partition coefficient (Wildman–Crippen LogP) is 1.04. The van der Waals surface area contributed by atoms with Gasteiger partial charge in [0.1, 0.15) is 0 Å². The third-order valence-electron chi connectivity index (χ3n) is 2.39. The Bertz CT molecular complexity index is 388. The van der Waals surface area contributed by atoms with Gasteiger partial charge in [-0.15, -0.1) is 0 Å². The second kappa shape index (κ2) is 3.64. The molecular formula is C11H12O4. The van der Waals surface area contributed by atoms with Gasteiger partial charge in [0.2, 0.25) is 5.79 Å². The summed E-state index contributed by atoms with van der Waals surface area (Å²) in [4.78, 5) is 11.5. The molecule has 0 bridgehead atoms. The predicted molar refractivity (Wildman–Crippen MR) is 52.2 cm³/mol. The summed E-state index contributed by atoms with van der Waals surface area (Å²) in [5.74, 6) is -1.44. The molecule has 0 spiro atoms. The van der Waals surface area contributed by atoms with Crippen molar-refractivity contribution in [1.29, 1.82) is 0 Å². The number of cyclic esters (lactones) is 1. The van der Waals surface area contributed by atoms with Gasteiger partial charge in [0.25, 0.3) is 0 Å². The average Bonchev–Trinajstić information content (AvgIpc) is 2.50. The molecule has 1 aliphatic heterocycles. The molecule has 15 heavy (non-hydrogen) atoms. The smallest absolute Gasteiger partial charge is 0.341 e. The third kappa shape index (κ3) is 1.62. The van der Waals surface area contributed by atoms with Gasteiger partial charge >= 0.3 is 5.97 Å². The first kappa shape index (κ1) is 10.1. The summed E-state index contributed by atoms with van der Waals surface area (Å²) in [6.45, 7) is 1.71. The van der Waals surface area contributed by atoms with Gasteiger partial charge in [0, 0.05) is 12.5 Å². The van der Waals surface area contributed by atoms with Gasteiger partial charge in [-0.2, -0.15) is 0 Å². The van der Waals surface area contributed by atoms with Gasteiger partial charge in [-0.25, -0.2) is 4.79 Å². The van der Waals surface area contributed by atoms with Crippen LogP contribution in [0.3, 0.4) is 0 Å². The molecule has 0 aromatic heterocycles. The van der Waals surface area contributed by atoms with Gasteiger partial charge in [-0.3, -0.25) is 0 Å². The Labute approximate surface area is 87.4 Å². The van der Waals surface area contributed by atoms with E-state index < -0.39 is 5.79 Å². The maximum atomic E-state index is 11.5. The van der Waals surface area contributed by atoms with Gasteiger partial charge in [-0.1, -0.05) is 18.2 Å². The van der Waals surface area contributed by atoms with Gasteiger partial charge in [0.15, 0.2) is 0 Å².